The number of hydrogen-bond donors (Lipinski definition) is 1. The van der Waals surface area contributed by atoms with Crippen LogP contribution in [-0.4, -0.2) is 17.1 Å². The predicted octanol–water partition coefficient (Wildman–Crippen LogP) is 1.87. The Morgan fingerprint density at radius 1 is 1.27 bits per heavy atom. The van der Waals surface area contributed by atoms with Gasteiger partial charge in [-0.25, -0.2) is 0 Å². The van der Waals surface area contributed by atoms with Crippen LogP contribution in [-0.2, 0) is 11.3 Å². The average molecular weight is 206 g/mol. The summed E-state index contributed by atoms with van der Waals surface area (Å²) in [4.78, 5) is 3.96. The molecule has 1 saturated carbocycles. The highest BCUT2D eigenvalue weighted by molar-refractivity contribution is 5.08. The molecular weight excluding hydrogens is 188 g/mol. The Balaban J connectivity index is 1.75. The van der Waals surface area contributed by atoms with Crippen molar-refractivity contribution in [2.24, 2.45) is 5.73 Å². The molecule has 1 fully saturated rings. The van der Waals surface area contributed by atoms with Crippen LogP contribution in [0.4, 0.5) is 0 Å². The third-order valence-electron chi connectivity index (χ3n) is 3.01. The highest BCUT2D eigenvalue weighted by Crippen LogP contribution is 2.27. The maximum atomic E-state index is 6.19. The molecule has 0 aromatic carbocycles. The first-order valence-electron chi connectivity index (χ1n) is 5.54. The van der Waals surface area contributed by atoms with Crippen LogP contribution in [0, 0.1) is 0 Å². The molecule has 3 heteroatoms. The molecule has 1 aromatic heterocycles. The second kappa shape index (κ2) is 4.73. The van der Waals surface area contributed by atoms with Crippen LogP contribution >= 0.6 is 0 Å². The van der Waals surface area contributed by atoms with E-state index in [4.69, 9.17) is 10.5 Å². The van der Waals surface area contributed by atoms with Gasteiger partial charge in [0.15, 0.2) is 0 Å². The molecule has 2 rings (SSSR count). The molecule has 2 N–H and O–H groups in total. The van der Waals surface area contributed by atoms with Crippen molar-refractivity contribution in [2.45, 2.75) is 37.8 Å². The smallest absolute Gasteiger partial charge is 0.0718 e. The normalized spacial score (nSPS) is 19.3. The van der Waals surface area contributed by atoms with Gasteiger partial charge in [0.05, 0.1) is 13.2 Å². The minimum absolute atomic E-state index is 0.0625. The van der Waals surface area contributed by atoms with Crippen molar-refractivity contribution >= 4 is 0 Å². The lowest BCUT2D eigenvalue weighted by Gasteiger charge is -2.23. The van der Waals surface area contributed by atoms with Crippen LogP contribution in [0.25, 0.3) is 0 Å². The number of ether oxygens (including phenoxy) is 1. The molecular formula is C12H18N2O. The van der Waals surface area contributed by atoms with Crippen LogP contribution in [0.3, 0.4) is 0 Å². The van der Waals surface area contributed by atoms with E-state index in [0.717, 1.165) is 18.4 Å². The molecule has 1 heterocycles. The number of aromatic nitrogens is 1. The zero-order valence-corrected chi connectivity index (χ0v) is 8.98. The maximum Gasteiger partial charge on any atom is 0.0718 e. The quantitative estimate of drug-likeness (QED) is 0.818. The number of hydrogen-bond acceptors (Lipinski definition) is 3. The zero-order chi connectivity index (χ0) is 10.6. The zero-order valence-electron chi connectivity index (χ0n) is 8.98. The molecule has 0 aliphatic heterocycles. The van der Waals surface area contributed by atoms with Gasteiger partial charge in [0, 0.05) is 17.9 Å². The summed E-state index contributed by atoms with van der Waals surface area (Å²) < 4.78 is 5.65. The second-order valence-corrected chi connectivity index (χ2v) is 4.42. The Labute approximate surface area is 90.7 Å². The first-order valence-corrected chi connectivity index (χ1v) is 5.54. The summed E-state index contributed by atoms with van der Waals surface area (Å²) in [7, 11) is 0. The molecule has 1 aromatic rings. The van der Waals surface area contributed by atoms with E-state index in [1.807, 2.05) is 12.1 Å². The fourth-order valence-electron chi connectivity index (χ4n) is 2.07. The Hall–Kier alpha value is -0.930. The van der Waals surface area contributed by atoms with Crippen molar-refractivity contribution < 1.29 is 4.74 Å². The Morgan fingerprint density at radius 2 is 1.93 bits per heavy atom. The van der Waals surface area contributed by atoms with E-state index in [1.54, 1.807) is 12.4 Å². The van der Waals surface area contributed by atoms with E-state index in [2.05, 4.69) is 4.98 Å². The van der Waals surface area contributed by atoms with Gasteiger partial charge in [-0.3, -0.25) is 4.98 Å². The molecule has 1 aliphatic carbocycles. The fourth-order valence-corrected chi connectivity index (χ4v) is 2.07. The van der Waals surface area contributed by atoms with Crippen molar-refractivity contribution in [3.05, 3.63) is 30.1 Å². The standard InChI is InChI=1S/C12H18N2O/c13-12(5-1-2-6-12)10-15-9-11-3-7-14-8-4-11/h3-4,7-8H,1-2,5-6,9-10,13H2. The summed E-state index contributed by atoms with van der Waals surface area (Å²) in [5.74, 6) is 0. The van der Waals surface area contributed by atoms with E-state index in [1.165, 1.54) is 12.8 Å². The summed E-state index contributed by atoms with van der Waals surface area (Å²) in [5.41, 5.74) is 7.28. The molecule has 0 spiro atoms. The van der Waals surface area contributed by atoms with E-state index in [-0.39, 0.29) is 5.54 Å². The van der Waals surface area contributed by atoms with Crippen molar-refractivity contribution in [1.29, 1.82) is 0 Å². The van der Waals surface area contributed by atoms with Crippen LogP contribution in [0.2, 0.25) is 0 Å². The summed E-state index contributed by atoms with van der Waals surface area (Å²) in [6.45, 7) is 1.32. The maximum absolute atomic E-state index is 6.19. The predicted molar refractivity (Wildman–Crippen MR) is 59.3 cm³/mol. The largest absolute Gasteiger partial charge is 0.375 e. The molecule has 1 aliphatic rings. The molecule has 82 valence electrons. The Bertz CT molecular complexity index is 294. The molecule has 15 heavy (non-hydrogen) atoms. The lowest BCUT2D eigenvalue weighted by Crippen LogP contribution is -2.41. The summed E-state index contributed by atoms with van der Waals surface area (Å²) in [6.07, 6.45) is 8.26. The fraction of sp³-hybridized carbons (Fsp3) is 0.583. The van der Waals surface area contributed by atoms with Gasteiger partial charge in [-0.15, -0.1) is 0 Å². The average Bonchev–Trinajstić information content (AvgIpc) is 2.67. The second-order valence-electron chi connectivity index (χ2n) is 4.42. The minimum Gasteiger partial charge on any atom is -0.375 e. The number of rotatable bonds is 4. The molecule has 3 nitrogen and oxygen atoms in total. The first kappa shape index (κ1) is 10.6. The van der Waals surface area contributed by atoms with Gasteiger partial charge in [-0.1, -0.05) is 12.8 Å². The Kier molecular flexibility index (Phi) is 3.34. The van der Waals surface area contributed by atoms with E-state index in [9.17, 15) is 0 Å². The van der Waals surface area contributed by atoms with E-state index in [0.29, 0.717) is 13.2 Å². The van der Waals surface area contributed by atoms with Gasteiger partial charge in [-0.2, -0.15) is 0 Å². The lowest BCUT2D eigenvalue weighted by molar-refractivity contribution is 0.0750. The van der Waals surface area contributed by atoms with Crippen molar-refractivity contribution in [3.8, 4) is 0 Å². The van der Waals surface area contributed by atoms with Crippen LogP contribution in [0.1, 0.15) is 31.2 Å². The molecule has 0 unspecified atom stereocenters. The monoisotopic (exact) mass is 206 g/mol. The molecule has 0 bridgehead atoms. The van der Waals surface area contributed by atoms with Gasteiger partial charge in [0.25, 0.3) is 0 Å². The first-order chi connectivity index (χ1) is 7.29. The number of pyridine rings is 1. The van der Waals surface area contributed by atoms with Crippen molar-refractivity contribution in [1.82, 2.24) is 4.98 Å². The Morgan fingerprint density at radius 3 is 2.60 bits per heavy atom. The highest BCUT2D eigenvalue weighted by atomic mass is 16.5. The van der Waals surface area contributed by atoms with E-state index >= 15 is 0 Å². The SMILES string of the molecule is NC1(COCc2ccncc2)CCCC1. The topological polar surface area (TPSA) is 48.1 Å². The van der Waals surface area contributed by atoms with E-state index < -0.39 is 0 Å². The van der Waals surface area contributed by atoms with Crippen molar-refractivity contribution in [2.75, 3.05) is 6.61 Å². The molecule has 0 amide bonds. The van der Waals surface area contributed by atoms with Crippen LogP contribution in [0.15, 0.2) is 24.5 Å². The summed E-state index contributed by atoms with van der Waals surface area (Å²) >= 11 is 0. The summed E-state index contributed by atoms with van der Waals surface area (Å²) in [5, 5.41) is 0. The molecule has 0 saturated heterocycles. The van der Waals surface area contributed by atoms with Crippen LogP contribution in [0.5, 0.6) is 0 Å². The van der Waals surface area contributed by atoms with Gasteiger partial charge in [-0.05, 0) is 30.5 Å². The van der Waals surface area contributed by atoms with Crippen LogP contribution < -0.4 is 5.73 Å². The minimum atomic E-state index is -0.0625. The lowest BCUT2D eigenvalue weighted by atomic mass is 10.0. The number of nitrogens with two attached hydrogens (primary N) is 1. The third kappa shape index (κ3) is 3.01. The highest BCUT2D eigenvalue weighted by Gasteiger charge is 2.29. The molecule has 0 atom stereocenters. The third-order valence-corrected chi connectivity index (χ3v) is 3.01. The van der Waals surface area contributed by atoms with Crippen molar-refractivity contribution in [3.63, 3.8) is 0 Å². The van der Waals surface area contributed by atoms with Gasteiger partial charge < -0.3 is 10.5 Å². The summed E-state index contributed by atoms with van der Waals surface area (Å²) in [6, 6.07) is 3.94. The number of nitrogens with zero attached hydrogens (tertiary/aromatic N) is 1. The van der Waals surface area contributed by atoms with Gasteiger partial charge in [0.2, 0.25) is 0 Å². The van der Waals surface area contributed by atoms with Gasteiger partial charge in [0.1, 0.15) is 0 Å². The van der Waals surface area contributed by atoms with Gasteiger partial charge >= 0.3 is 0 Å². The molecule has 0 radical (unpaired) electrons.